The average molecular weight is 168 g/mol. The van der Waals surface area contributed by atoms with Gasteiger partial charge in [-0.1, -0.05) is 6.92 Å². The summed E-state index contributed by atoms with van der Waals surface area (Å²) in [5, 5.41) is 11.2. The lowest BCUT2D eigenvalue weighted by Gasteiger charge is -2.05. The lowest BCUT2D eigenvalue weighted by Crippen LogP contribution is -2.13. The fourth-order valence-electron chi connectivity index (χ4n) is 1.23. The number of nitrogens with zero attached hydrogens (tertiary/aromatic N) is 3. The minimum atomic E-state index is 0.792. The number of hydrogen-bond donors (Lipinski definition) is 1. The molecule has 0 fully saturated rings. The van der Waals surface area contributed by atoms with Gasteiger partial charge < -0.3 is 9.88 Å². The molecule has 0 amide bonds. The quantitative estimate of drug-likeness (QED) is 0.720. The van der Waals surface area contributed by atoms with Crippen LogP contribution in [0.15, 0.2) is 0 Å². The highest BCUT2D eigenvalue weighted by Gasteiger charge is 2.05. The van der Waals surface area contributed by atoms with Crippen LogP contribution in [-0.2, 0) is 13.1 Å². The van der Waals surface area contributed by atoms with E-state index in [2.05, 4.69) is 27.0 Å². The van der Waals surface area contributed by atoms with E-state index in [9.17, 15) is 0 Å². The van der Waals surface area contributed by atoms with Crippen LogP contribution in [-0.4, -0.2) is 21.8 Å². The normalized spacial score (nSPS) is 10.6. The molecule has 4 heteroatoms. The van der Waals surface area contributed by atoms with Crippen LogP contribution < -0.4 is 5.32 Å². The van der Waals surface area contributed by atoms with Crippen LogP contribution in [0.5, 0.6) is 0 Å². The Morgan fingerprint density at radius 1 is 1.42 bits per heavy atom. The molecule has 0 radical (unpaired) electrons. The van der Waals surface area contributed by atoms with E-state index < -0.39 is 0 Å². The topological polar surface area (TPSA) is 42.7 Å². The van der Waals surface area contributed by atoms with Crippen molar-refractivity contribution in [1.29, 1.82) is 0 Å². The van der Waals surface area contributed by atoms with Crippen molar-refractivity contribution in [2.75, 3.05) is 7.05 Å². The monoisotopic (exact) mass is 168 g/mol. The molecule has 0 unspecified atom stereocenters. The summed E-state index contributed by atoms with van der Waals surface area (Å²) in [6.45, 7) is 5.95. The molecule has 1 heterocycles. The molecule has 1 rings (SSSR count). The van der Waals surface area contributed by atoms with Gasteiger partial charge in [-0.15, -0.1) is 10.2 Å². The molecular weight excluding hydrogens is 152 g/mol. The minimum absolute atomic E-state index is 0.792. The predicted molar refractivity (Wildman–Crippen MR) is 47.8 cm³/mol. The average Bonchev–Trinajstić information content (AvgIpc) is 2.37. The summed E-state index contributed by atoms with van der Waals surface area (Å²) in [7, 11) is 1.92. The van der Waals surface area contributed by atoms with Crippen LogP contribution in [0.4, 0.5) is 0 Å². The van der Waals surface area contributed by atoms with E-state index in [0.29, 0.717) is 0 Å². The summed E-state index contributed by atoms with van der Waals surface area (Å²) < 4.78 is 2.15. The zero-order valence-electron chi connectivity index (χ0n) is 7.96. The largest absolute Gasteiger partial charge is 0.314 e. The lowest BCUT2D eigenvalue weighted by atomic mass is 10.4. The second-order valence-corrected chi connectivity index (χ2v) is 2.85. The molecule has 1 aromatic rings. The Balaban J connectivity index is 2.80. The molecule has 0 aliphatic carbocycles. The number of aryl methyl sites for hydroxylation is 1. The third-order valence-corrected chi connectivity index (χ3v) is 1.79. The molecular formula is C8H16N4. The van der Waals surface area contributed by atoms with Gasteiger partial charge in [-0.2, -0.15) is 0 Å². The standard InChI is InChI=1S/C8H16N4/c1-4-5-12-7(2)10-11-8(12)6-9-3/h9H,4-6H2,1-3H3. The SMILES string of the molecule is CCCn1c(C)nnc1CNC. The van der Waals surface area contributed by atoms with Gasteiger partial charge in [0, 0.05) is 6.54 Å². The fraction of sp³-hybridized carbons (Fsp3) is 0.750. The molecule has 4 nitrogen and oxygen atoms in total. The van der Waals surface area contributed by atoms with Crippen LogP contribution in [0.25, 0.3) is 0 Å². The predicted octanol–water partition coefficient (Wildman–Crippen LogP) is 0.716. The highest BCUT2D eigenvalue weighted by atomic mass is 15.3. The molecule has 12 heavy (non-hydrogen) atoms. The van der Waals surface area contributed by atoms with Crippen molar-refractivity contribution in [3.8, 4) is 0 Å². The first kappa shape index (κ1) is 9.19. The maximum absolute atomic E-state index is 4.07. The Bertz CT molecular complexity index is 241. The molecule has 0 bridgehead atoms. The Kier molecular flexibility index (Phi) is 3.22. The maximum atomic E-state index is 4.07. The number of aromatic nitrogens is 3. The Morgan fingerprint density at radius 2 is 2.17 bits per heavy atom. The van der Waals surface area contributed by atoms with Gasteiger partial charge in [-0.25, -0.2) is 0 Å². The van der Waals surface area contributed by atoms with Crippen molar-refractivity contribution in [2.24, 2.45) is 0 Å². The maximum Gasteiger partial charge on any atom is 0.146 e. The van der Waals surface area contributed by atoms with Crippen LogP contribution >= 0.6 is 0 Å². The van der Waals surface area contributed by atoms with Crippen molar-refractivity contribution in [3.05, 3.63) is 11.6 Å². The highest BCUT2D eigenvalue weighted by Crippen LogP contribution is 2.01. The molecule has 68 valence electrons. The Labute approximate surface area is 73.0 Å². The molecule has 1 N–H and O–H groups in total. The van der Waals surface area contributed by atoms with E-state index in [0.717, 1.165) is 31.2 Å². The third kappa shape index (κ3) is 1.82. The van der Waals surface area contributed by atoms with Gasteiger partial charge in [0.05, 0.1) is 6.54 Å². The van der Waals surface area contributed by atoms with Gasteiger partial charge in [-0.3, -0.25) is 0 Å². The molecule has 1 aromatic heterocycles. The van der Waals surface area contributed by atoms with Crippen molar-refractivity contribution in [3.63, 3.8) is 0 Å². The fourth-order valence-corrected chi connectivity index (χ4v) is 1.23. The van der Waals surface area contributed by atoms with Gasteiger partial charge >= 0.3 is 0 Å². The summed E-state index contributed by atoms with van der Waals surface area (Å²) in [4.78, 5) is 0. The summed E-state index contributed by atoms with van der Waals surface area (Å²) in [6, 6.07) is 0. The van der Waals surface area contributed by atoms with Gasteiger partial charge in [0.15, 0.2) is 0 Å². The van der Waals surface area contributed by atoms with Crippen LogP contribution in [0.1, 0.15) is 25.0 Å². The van der Waals surface area contributed by atoms with E-state index in [4.69, 9.17) is 0 Å². The van der Waals surface area contributed by atoms with Gasteiger partial charge in [0.2, 0.25) is 0 Å². The molecule has 0 aliphatic rings. The second-order valence-electron chi connectivity index (χ2n) is 2.85. The van der Waals surface area contributed by atoms with E-state index in [1.54, 1.807) is 0 Å². The number of rotatable bonds is 4. The zero-order chi connectivity index (χ0) is 8.97. The van der Waals surface area contributed by atoms with E-state index in [-0.39, 0.29) is 0 Å². The number of nitrogens with one attached hydrogen (secondary N) is 1. The van der Waals surface area contributed by atoms with Crippen molar-refractivity contribution in [1.82, 2.24) is 20.1 Å². The van der Waals surface area contributed by atoms with Crippen LogP contribution in [0.2, 0.25) is 0 Å². The second kappa shape index (κ2) is 4.21. The summed E-state index contributed by atoms with van der Waals surface area (Å²) in [6.07, 6.45) is 1.12. The van der Waals surface area contributed by atoms with Crippen molar-refractivity contribution in [2.45, 2.75) is 33.4 Å². The molecule has 0 saturated carbocycles. The van der Waals surface area contributed by atoms with Crippen molar-refractivity contribution < 1.29 is 0 Å². The van der Waals surface area contributed by atoms with Crippen LogP contribution in [0.3, 0.4) is 0 Å². The molecule has 0 spiro atoms. The first-order valence-corrected chi connectivity index (χ1v) is 4.32. The van der Waals surface area contributed by atoms with Crippen molar-refractivity contribution >= 4 is 0 Å². The highest BCUT2D eigenvalue weighted by molar-refractivity contribution is 4.93. The van der Waals surface area contributed by atoms with Gasteiger partial charge in [-0.05, 0) is 20.4 Å². The van der Waals surface area contributed by atoms with E-state index >= 15 is 0 Å². The third-order valence-electron chi connectivity index (χ3n) is 1.79. The summed E-state index contributed by atoms with van der Waals surface area (Å²) >= 11 is 0. The smallest absolute Gasteiger partial charge is 0.146 e. The van der Waals surface area contributed by atoms with E-state index in [1.807, 2.05) is 14.0 Å². The lowest BCUT2D eigenvalue weighted by molar-refractivity contribution is 0.603. The Morgan fingerprint density at radius 3 is 2.75 bits per heavy atom. The Hall–Kier alpha value is -0.900. The first-order chi connectivity index (χ1) is 5.79. The van der Waals surface area contributed by atoms with Crippen LogP contribution in [0, 0.1) is 6.92 Å². The summed E-state index contributed by atoms with van der Waals surface area (Å²) in [5.74, 6) is 2.03. The number of hydrogen-bond acceptors (Lipinski definition) is 3. The minimum Gasteiger partial charge on any atom is -0.314 e. The summed E-state index contributed by atoms with van der Waals surface area (Å²) in [5.41, 5.74) is 0. The first-order valence-electron chi connectivity index (χ1n) is 4.32. The van der Waals surface area contributed by atoms with E-state index in [1.165, 1.54) is 0 Å². The molecule has 0 atom stereocenters. The molecule has 0 aliphatic heterocycles. The molecule has 0 aromatic carbocycles. The van der Waals surface area contributed by atoms with Gasteiger partial charge in [0.25, 0.3) is 0 Å². The van der Waals surface area contributed by atoms with Gasteiger partial charge in [0.1, 0.15) is 11.6 Å². The molecule has 0 saturated heterocycles. The zero-order valence-corrected chi connectivity index (χ0v) is 7.96.